The summed E-state index contributed by atoms with van der Waals surface area (Å²) >= 11 is 2.23. The van der Waals surface area contributed by atoms with Crippen molar-refractivity contribution in [3.8, 4) is 0 Å². The molecule has 0 aliphatic heterocycles. The van der Waals surface area contributed by atoms with Crippen LogP contribution in [0.3, 0.4) is 0 Å². The maximum absolute atomic E-state index is 12.0. The molecule has 2 amide bonds. The van der Waals surface area contributed by atoms with Gasteiger partial charge in [-0.2, -0.15) is 5.10 Å². The van der Waals surface area contributed by atoms with Gasteiger partial charge in [-0.15, -0.1) is 0 Å². The van der Waals surface area contributed by atoms with E-state index in [4.69, 9.17) is 0 Å². The molecule has 2 N–H and O–H groups in total. The topological polar surface area (TPSA) is 70.6 Å². The highest BCUT2D eigenvalue weighted by atomic mass is 127. The SMILES string of the molecule is C/C(CCc1ccccc1)=N\NC(=O)CCC(=O)Nc1ccc(I)cc1C. The minimum atomic E-state index is -0.261. The first-order chi connectivity index (χ1) is 12.9. The second-order valence-electron chi connectivity index (χ2n) is 6.38. The Hall–Kier alpha value is -2.22. The molecule has 0 saturated carbocycles. The van der Waals surface area contributed by atoms with Crippen LogP contribution in [-0.4, -0.2) is 17.5 Å². The fourth-order valence-corrected chi connectivity index (χ4v) is 3.09. The third-order valence-corrected chi connectivity index (χ3v) is 4.70. The molecule has 27 heavy (non-hydrogen) atoms. The molecule has 0 aromatic heterocycles. The van der Waals surface area contributed by atoms with Gasteiger partial charge in [0.05, 0.1) is 0 Å². The fraction of sp³-hybridized carbons (Fsp3) is 0.286. The molecule has 0 atom stereocenters. The van der Waals surface area contributed by atoms with Gasteiger partial charge in [-0.25, -0.2) is 5.43 Å². The molecule has 5 nitrogen and oxygen atoms in total. The number of halogens is 1. The molecule has 0 saturated heterocycles. The van der Waals surface area contributed by atoms with E-state index in [2.05, 4.69) is 50.6 Å². The van der Waals surface area contributed by atoms with Crippen LogP contribution < -0.4 is 10.7 Å². The Bertz CT molecular complexity index is 819. The van der Waals surface area contributed by atoms with Crippen molar-refractivity contribution in [2.45, 2.75) is 39.5 Å². The quantitative estimate of drug-likeness (QED) is 0.335. The molecule has 142 valence electrons. The normalized spacial score (nSPS) is 11.1. The first-order valence-corrected chi connectivity index (χ1v) is 9.94. The molecule has 0 spiro atoms. The Morgan fingerprint density at radius 2 is 1.70 bits per heavy atom. The number of hydrazone groups is 1. The molecule has 2 aromatic rings. The highest BCUT2D eigenvalue weighted by Crippen LogP contribution is 2.18. The molecule has 2 rings (SSSR count). The summed E-state index contributed by atoms with van der Waals surface area (Å²) in [5, 5.41) is 6.95. The third-order valence-electron chi connectivity index (χ3n) is 4.03. The van der Waals surface area contributed by atoms with Crippen molar-refractivity contribution in [2.24, 2.45) is 5.10 Å². The fourth-order valence-electron chi connectivity index (χ4n) is 2.45. The van der Waals surface area contributed by atoms with Gasteiger partial charge in [0.1, 0.15) is 0 Å². The summed E-state index contributed by atoms with van der Waals surface area (Å²) in [5.74, 6) is -0.442. The van der Waals surface area contributed by atoms with E-state index in [1.54, 1.807) is 0 Å². The summed E-state index contributed by atoms with van der Waals surface area (Å²) in [6, 6.07) is 15.9. The number of nitrogens with one attached hydrogen (secondary N) is 2. The second kappa shape index (κ2) is 10.8. The Labute approximate surface area is 173 Å². The standard InChI is InChI=1S/C21H24IN3O2/c1-15-14-18(22)10-11-19(15)23-20(26)12-13-21(27)25-24-16(2)8-9-17-6-4-3-5-7-17/h3-7,10-11,14H,8-9,12-13H2,1-2H3,(H,23,26)(H,25,27)/b24-16+. The van der Waals surface area contributed by atoms with Crippen LogP contribution in [0.15, 0.2) is 53.6 Å². The predicted molar refractivity (Wildman–Crippen MR) is 118 cm³/mol. The Balaban J connectivity index is 1.71. The number of hydrogen-bond acceptors (Lipinski definition) is 3. The van der Waals surface area contributed by atoms with Crippen LogP contribution in [0.4, 0.5) is 5.69 Å². The van der Waals surface area contributed by atoms with Gasteiger partial charge in [0, 0.05) is 27.8 Å². The minimum absolute atomic E-state index is 0.102. The van der Waals surface area contributed by atoms with Gasteiger partial charge >= 0.3 is 0 Å². The first-order valence-electron chi connectivity index (χ1n) is 8.86. The average Bonchev–Trinajstić information content (AvgIpc) is 2.66. The van der Waals surface area contributed by atoms with E-state index in [-0.39, 0.29) is 24.7 Å². The lowest BCUT2D eigenvalue weighted by Gasteiger charge is -2.08. The number of amides is 2. The average molecular weight is 477 g/mol. The molecule has 0 bridgehead atoms. The predicted octanol–water partition coefficient (Wildman–Crippen LogP) is 4.44. The van der Waals surface area contributed by atoms with E-state index >= 15 is 0 Å². The van der Waals surface area contributed by atoms with Crippen molar-refractivity contribution in [3.05, 3.63) is 63.2 Å². The maximum Gasteiger partial charge on any atom is 0.240 e. The highest BCUT2D eigenvalue weighted by molar-refractivity contribution is 14.1. The highest BCUT2D eigenvalue weighted by Gasteiger charge is 2.08. The summed E-state index contributed by atoms with van der Waals surface area (Å²) in [4.78, 5) is 23.9. The zero-order valence-electron chi connectivity index (χ0n) is 15.6. The molecule has 0 unspecified atom stereocenters. The maximum atomic E-state index is 12.0. The molecule has 0 radical (unpaired) electrons. The number of aryl methyl sites for hydroxylation is 2. The minimum Gasteiger partial charge on any atom is -0.326 e. The van der Waals surface area contributed by atoms with Crippen molar-refractivity contribution >= 4 is 45.8 Å². The van der Waals surface area contributed by atoms with Gasteiger partial charge in [-0.3, -0.25) is 9.59 Å². The summed E-state index contributed by atoms with van der Waals surface area (Å²) in [7, 11) is 0. The lowest BCUT2D eigenvalue weighted by Crippen LogP contribution is -2.21. The lowest BCUT2D eigenvalue weighted by atomic mass is 10.1. The van der Waals surface area contributed by atoms with E-state index in [0.29, 0.717) is 0 Å². The van der Waals surface area contributed by atoms with Crippen LogP contribution in [0.1, 0.15) is 37.3 Å². The molecule has 0 fully saturated rings. The molecule has 0 heterocycles. The number of anilines is 1. The van der Waals surface area contributed by atoms with Crippen molar-refractivity contribution in [2.75, 3.05) is 5.32 Å². The van der Waals surface area contributed by atoms with Gasteiger partial charge in [0.2, 0.25) is 11.8 Å². The third kappa shape index (κ3) is 7.90. The zero-order chi connectivity index (χ0) is 19.6. The largest absolute Gasteiger partial charge is 0.326 e. The van der Waals surface area contributed by atoms with Crippen molar-refractivity contribution in [1.29, 1.82) is 0 Å². The van der Waals surface area contributed by atoms with Gasteiger partial charge in [0.15, 0.2) is 0 Å². The molecule has 0 aliphatic carbocycles. The van der Waals surface area contributed by atoms with Crippen LogP contribution in [-0.2, 0) is 16.0 Å². The lowest BCUT2D eigenvalue weighted by molar-refractivity contribution is -0.124. The number of nitrogens with zero attached hydrogens (tertiary/aromatic N) is 1. The molecular weight excluding hydrogens is 453 g/mol. The number of carbonyl (C=O) groups excluding carboxylic acids is 2. The first kappa shape index (κ1) is 21.1. The van der Waals surface area contributed by atoms with E-state index in [1.807, 2.05) is 50.2 Å². The number of hydrogen-bond donors (Lipinski definition) is 2. The monoisotopic (exact) mass is 477 g/mol. The van der Waals surface area contributed by atoms with Gasteiger partial charge in [0.25, 0.3) is 0 Å². The van der Waals surface area contributed by atoms with Gasteiger partial charge in [-0.05, 0) is 78.6 Å². The molecule has 0 aliphatic rings. The van der Waals surface area contributed by atoms with Crippen LogP contribution in [0, 0.1) is 10.5 Å². The zero-order valence-corrected chi connectivity index (χ0v) is 17.7. The second-order valence-corrected chi connectivity index (χ2v) is 7.62. The van der Waals surface area contributed by atoms with Crippen LogP contribution >= 0.6 is 22.6 Å². The molecular formula is C21H24IN3O2. The van der Waals surface area contributed by atoms with Gasteiger partial charge < -0.3 is 5.32 Å². The summed E-state index contributed by atoms with van der Waals surface area (Å²) in [6.45, 7) is 3.83. The molecule has 6 heteroatoms. The van der Waals surface area contributed by atoms with Gasteiger partial charge in [-0.1, -0.05) is 30.3 Å². The Morgan fingerprint density at radius 1 is 1.00 bits per heavy atom. The van der Waals surface area contributed by atoms with Crippen LogP contribution in [0.25, 0.3) is 0 Å². The Morgan fingerprint density at radius 3 is 2.41 bits per heavy atom. The van der Waals surface area contributed by atoms with E-state index < -0.39 is 0 Å². The summed E-state index contributed by atoms with van der Waals surface area (Å²) in [5.41, 5.74) is 6.39. The number of carbonyl (C=O) groups is 2. The summed E-state index contributed by atoms with van der Waals surface area (Å²) < 4.78 is 1.11. The van der Waals surface area contributed by atoms with Crippen LogP contribution in [0.2, 0.25) is 0 Å². The molecule has 2 aromatic carbocycles. The van der Waals surface area contributed by atoms with E-state index in [9.17, 15) is 9.59 Å². The van der Waals surface area contributed by atoms with E-state index in [0.717, 1.165) is 33.4 Å². The summed E-state index contributed by atoms with van der Waals surface area (Å²) in [6.07, 6.45) is 1.88. The smallest absolute Gasteiger partial charge is 0.240 e. The Kier molecular flexibility index (Phi) is 8.44. The van der Waals surface area contributed by atoms with E-state index in [1.165, 1.54) is 5.56 Å². The van der Waals surface area contributed by atoms with Crippen molar-refractivity contribution in [1.82, 2.24) is 5.43 Å². The van der Waals surface area contributed by atoms with Crippen molar-refractivity contribution < 1.29 is 9.59 Å². The number of benzene rings is 2. The van der Waals surface area contributed by atoms with Crippen LogP contribution in [0.5, 0.6) is 0 Å². The van der Waals surface area contributed by atoms with Crippen molar-refractivity contribution in [3.63, 3.8) is 0 Å². The number of rotatable bonds is 8.